The molecule has 0 amide bonds. The third-order valence-corrected chi connectivity index (χ3v) is 6.28. The molecule has 2 aromatic rings. The van der Waals surface area contributed by atoms with E-state index < -0.39 is 6.29 Å². The summed E-state index contributed by atoms with van der Waals surface area (Å²) in [5.41, 5.74) is 5.22. The second-order valence-corrected chi connectivity index (χ2v) is 7.40. The lowest BCUT2D eigenvalue weighted by Crippen LogP contribution is -2.34. The van der Waals surface area contributed by atoms with Gasteiger partial charge in [-0.15, -0.1) is 0 Å². The van der Waals surface area contributed by atoms with Crippen LogP contribution in [0.1, 0.15) is 43.3 Å². The van der Waals surface area contributed by atoms with Gasteiger partial charge in [0.1, 0.15) is 6.23 Å². The highest BCUT2D eigenvalue weighted by atomic mass is 16.6. The molecule has 2 bridgehead atoms. The normalized spacial score (nSPS) is 34.4. The molecule has 1 aromatic heterocycles. The van der Waals surface area contributed by atoms with E-state index in [1.165, 1.54) is 22.2 Å². The molecule has 5 rings (SSSR count). The average Bonchev–Trinajstić information content (AvgIpc) is 2.84. The summed E-state index contributed by atoms with van der Waals surface area (Å²) in [5.74, 6) is 0.390. The number of nitrogens with zero attached hydrogens (tertiary/aromatic N) is 2. The first-order valence-electron chi connectivity index (χ1n) is 9.00. The number of aliphatic hydroxyl groups is 1. The monoisotopic (exact) mass is 324 g/mol. The number of rotatable bonds is 0. The fourth-order valence-corrected chi connectivity index (χ4v) is 5.14. The Morgan fingerprint density at radius 2 is 2.08 bits per heavy atom. The predicted molar refractivity (Wildman–Crippen MR) is 93.6 cm³/mol. The van der Waals surface area contributed by atoms with Crippen LogP contribution in [0.3, 0.4) is 0 Å². The Labute approximate surface area is 142 Å². The van der Waals surface area contributed by atoms with Gasteiger partial charge in [0, 0.05) is 17.6 Å². The quantitative estimate of drug-likeness (QED) is 0.755. The summed E-state index contributed by atoms with van der Waals surface area (Å²) in [4.78, 5) is 2.48. The summed E-state index contributed by atoms with van der Waals surface area (Å²) in [6, 6.07) is 9.08. The zero-order chi connectivity index (χ0) is 16.4. The minimum atomic E-state index is -0.777. The Kier molecular flexibility index (Phi) is 3.18. The molecule has 4 heteroatoms. The number of benzene rings is 1. The zero-order valence-corrected chi connectivity index (χ0v) is 14.3. The summed E-state index contributed by atoms with van der Waals surface area (Å²) in [6.45, 7) is 3.11. The van der Waals surface area contributed by atoms with Crippen molar-refractivity contribution in [2.45, 2.75) is 44.7 Å². The molecule has 0 spiro atoms. The first-order chi connectivity index (χ1) is 11.7. The van der Waals surface area contributed by atoms with Crippen LogP contribution in [0.5, 0.6) is 0 Å². The smallest absolute Gasteiger partial charge is 0.179 e. The fraction of sp³-hybridized carbons (Fsp3) is 0.500. The minimum Gasteiger partial charge on any atom is -0.364 e. The number of ether oxygens (including phenoxy) is 1. The molecule has 24 heavy (non-hydrogen) atoms. The van der Waals surface area contributed by atoms with Crippen LogP contribution in [0, 0.1) is 5.92 Å². The molecule has 0 saturated carbocycles. The van der Waals surface area contributed by atoms with Crippen LogP contribution in [0.25, 0.3) is 10.9 Å². The van der Waals surface area contributed by atoms with Crippen molar-refractivity contribution in [3.05, 3.63) is 47.2 Å². The number of hydrogen-bond donors (Lipinski definition) is 1. The summed E-state index contributed by atoms with van der Waals surface area (Å²) in [5, 5.41) is 11.9. The largest absolute Gasteiger partial charge is 0.364 e. The topological polar surface area (TPSA) is 37.6 Å². The lowest BCUT2D eigenvalue weighted by atomic mass is 9.84. The number of aliphatic hydroxyl groups excluding tert-OH is 1. The van der Waals surface area contributed by atoms with Gasteiger partial charge in [0.25, 0.3) is 0 Å². The predicted octanol–water partition coefficient (Wildman–Crippen LogP) is 3.37. The second kappa shape index (κ2) is 5.19. The van der Waals surface area contributed by atoms with Crippen LogP contribution in [0.4, 0.5) is 0 Å². The molecule has 4 nitrogen and oxygen atoms in total. The maximum absolute atomic E-state index is 10.5. The van der Waals surface area contributed by atoms with Gasteiger partial charge in [-0.05, 0) is 56.4 Å². The maximum Gasteiger partial charge on any atom is 0.179 e. The van der Waals surface area contributed by atoms with Crippen molar-refractivity contribution in [1.82, 2.24) is 9.47 Å². The van der Waals surface area contributed by atoms with E-state index in [9.17, 15) is 5.11 Å². The van der Waals surface area contributed by atoms with E-state index in [-0.39, 0.29) is 6.23 Å². The van der Waals surface area contributed by atoms with E-state index in [4.69, 9.17) is 4.74 Å². The Hall–Kier alpha value is -1.62. The number of allylic oxidation sites excluding steroid dienone is 1. The average molecular weight is 324 g/mol. The van der Waals surface area contributed by atoms with Gasteiger partial charge < -0.3 is 14.4 Å². The first-order valence-corrected chi connectivity index (χ1v) is 9.00. The third kappa shape index (κ3) is 1.85. The number of fused-ring (bicyclic) bond motifs is 6. The van der Waals surface area contributed by atoms with Gasteiger partial charge in [0.15, 0.2) is 6.29 Å². The van der Waals surface area contributed by atoms with E-state index in [0.29, 0.717) is 12.0 Å². The molecule has 3 aliphatic rings. The van der Waals surface area contributed by atoms with Crippen LogP contribution >= 0.6 is 0 Å². The lowest BCUT2D eigenvalue weighted by molar-refractivity contribution is -0.166. The van der Waals surface area contributed by atoms with Gasteiger partial charge in [-0.3, -0.25) is 4.90 Å². The molecule has 1 N–H and O–H groups in total. The van der Waals surface area contributed by atoms with Crippen LogP contribution in [0.2, 0.25) is 0 Å². The fourth-order valence-electron chi connectivity index (χ4n) is 5.14. The SMILES string of the molecule is CC=C1[C@@H]2C[C@H]3c4c(c5ccccc5n4[C@@H](C2)O[C@@H]1O)CCN3C. The number of likely N-dealkylation sites (N-methyl/N-ethyl adjacent to an activating group) is 1. The molecule has 3 aliphatic heterocycles. The van der Waals surface area contributed by atoms with Crippen molar-refractivity contribution in [3.8, 4) is 0 Å². The van der Waals surface area contributed by atoms with E-state index >= 15 is 0 Å². The number of hydrogen-bond acceptors (Lipinski definition) is 3. The third-order valence-electron chi connectivity index (χ3n) is 6.28. The standard InChI is InChI=1S/C20H24N2O2/c1-3-13-12-10-17-19-15(8-9-21(17)2)14-6-4-5-7-16(14)22(19)18(11-12)24-20(13)23/h3-7,12,17-18,20,23H,8-11H2,1-2H3/t12-,17+,18-,20+/m1/s1. The van der Waals surface area contributed by atoms with Gasteiger partial charge in [0.05, 0.1) is 11.6 Å². The first kappa shape index (κ1) is 14.7. The van der Waals surface area contributed by atoms with E-state index in [2.05, 4.69) is 40.8 Å². The zero-order valence-electron chi connectivity index (χ0n) is 14.3. The van der Waals surface area contributed by atoms with Crippen molar-refractivity contribution >= 4 is 10.9 Å². The minimum absolute atomic E-state index is 0.0705. The van der Waals surface area contributed by atoms with Gasteiger partial charge in [-0.1, -0.05) is 24.3 Å². The Morgan fingerprint density at radius 3 is 2.92 bits per heavy atom. The molecule has 0 aliphatic carbocycles. The molecule has 0 radical (unpaired) electrons. The van der Waals surface area contributed by atoms with Crippen molar-refractivity contribution in [1.29, 1.82) is 0 Å². The maximum atomic E-state index is 10.5. The van der Waals surface area contributed by atoms with Gasteiger partial charge >= 0.3 is 0 Å². The second-order valence-electron chi connectivity index (χ2n) is 7.40. The summed E-state index contributed by atoms with van der Waals surface area (Å²) in [6.07, 6.45) is 4.31. The van der Waals surface area contributed by atoms with Crippen LogP contribution in [0.15, 0.2) is 35.9 Å². The molecule has 4 atom stereocenters. The van der Waals surface area contributed by atoms with E-state index in [0.717, 1.165) is 31.4 Å². The van der Waals surface area contributed by atoms with Gasteiger partial charge in [-0.25, -0.2) is 0 Å². The van der Waals surface area contributed by atoms with Crippen LogP contribution < -0.4 is 0 Å². The summed E-state index contributed by atoms with van der Waals surface area (Å²) >= 11 is 0. The lowest BCUT2D eigenvalue weighted by Gasteiger charge is -2.35. The van der Waals surface area contributed by atoms with E-state index in [1.54, 1.807) is 0 Å². The van der Waals surface area contributed by atoms with Crippen molar-refractivity contribution in [2.24, 2.45) is 5.92 Å². The Bertz CT molecular complexity index is 838. The van der Waals surface area contributed by atoms with Crippen molar-refractivity contribution in [3.63, 3.8) is 0 Å². The van der Waals surface area contributed by atoms with Crippen molar-refractivity contribution < 1.29 is 9.84 Å². The molecule has 126 valence electrons. The molecular formula is C20H24N2O2. The summed E-state index contributed by atoms with van der Waals surface area (Å²) in [7, 11) is 2.23. The molecular weight excluding hydrogens is 300 g/mol. The number of para-hydroxylation sites is 1. The highest BCUT2D eigenvalue weighted by Gasteiger charge is 2.43. The highest BCUT2D eigenvalue weighted by molar-refractivity contribution is 5.86. The van der Waals surface area contributed by atoms with Crippen LogP contribution in [-0.2, 0) is 11.2 Å². The molecule has 4 heterocycles. The molecule has 1 saturated heterocycles. The van der Waals surface area contributed by atoms with E-state index in [1.807, 2.05) is 13.0 Å². The summed E-state index contributed by atoms with van der Waals surface area (Å²) < 4.78 is 8.46. The highest BCUT2D eigenvalue weighted by Crippen LogP contribution is 2.50. The molecule has 1 fully saturated rings. The number of aromatic nitrogens is 1. The van der Waals surface area contributed by atoms with Gasteiger partial charge in [-0.2, -0.15) is 0 Å². The molecule has 1 aromatic carbocycles. The van der Waals surface area contributed by atoms with Crippen LogP contribution in [-0.4, -0.2) is 34.5 Å². The Balaban J connectivity index is 1.78. The van der Waals surface area contributed by atoms with Crippen molar-refractivity contribution in [2.75, 3.05) is 13.6 Å². The molecule has 0 unspecified atom stereocenters. The van der Waals surface area contributed by atoms with Gasteiger partial charge in [0.2, 0.25) is 0 Å². The Morgan fingerprint density at radius 1 is 1.25 bits per heavy atom.